The maximum absolute atomic E-state index is 12.7. The van der Waals surface area contributed by atoms with Crippen LogP contribution in [0.25, 0.3) is 0 Å². The summed E-state index contributed by atoms with van der Waals surface area (Å²) in [6, 6.07) is 3.92. The molecular formula is C14H25N3O2S2. The van der Waals surface area contributed by atoms with Crippen molar-refractivity contribution >= 4 is 21.4 Å². The van der Waals surface area contributed by atoms with Crippen molar-refractivity contribution in [3.05, 3.63) is 17.0 Å². The van der Waals surface area contributed by atoms with Crippen molar-refractivity contribution < 1.29 is 8.42 Å². The van der Waals surface area contributed by atoms with Gasteiger partial charge < -0.3 is 10.2 Å². The molecule has 0 bridgehead atoms. The van der Waals surface area contributed by atoms with Crippen LogP contribution in [0.3, 0.4) is 0 Å². The fourth-order valence-corrected chi connectivity index (χ4v) is 5.33. The molecule has 21 heavy (non-hydrogen) atoms. The molecule has 1 atom stereocenters. The molecule has 1 aliphatic heterocycles. The lowest BCUT2D eigenvalue weighted by molar-refractivity contribution is 0.160. The van der Waals surface area contributed by atoms with Gasteiger partial charge in [0.05, 0.1) is 0 Å². The highest BCUT2D eigenvalue weighted by atomic mass is 32.2. The van der Waals surface area contributed by atoms with Gasteiger partial charge in [0, 0.05) is 37.1 Å². The lowest BCUT2D eigenvalue weighted by Gasteiger charge is -2.36. The van der Waals surface area contributed by atoms with E-state index in [4.69, 9.17) is 0 Å². The topological polar surface area (TPSA) is 52.7 Å². The minimum absolute atomic E-state index is 0.263. The van der Waals surface area contributed by atoms with Gasteiger partial charge >= 0.3 is 0 Å². The van der Waals surface area contributed by atoms with Crippen LogP contribution in [0.2, 0.25) is 0 Å². The fraction of sp³-hybridized carbons (Fsp3) is 0.714. The van der Waals surface area contributed by atoms with Gasteiger partial charge in [0.1, 0.15) is 4.21 Å². The molecule has 1 fully saturated rings. The molecule has 1 unspecified atom stereocenters. The van der Waals surface area contributed by atoms with E-state index in [0.29, 0.717) is 17.3 Å². The first-order chi connectivity index (χ1) is 9.95. The lowest BCUT2D eigenvalue weighted by Crippen LogP contribution is -2.51. The molecule has 2 heterocycles. The summed E-state index contributed by atoms with van der Waals surface area (Å²) in [4.78, 5) is 3.27. The summed E-state index contributed by atoms with van der Waals surface area (Å²) in [5.41, 5.74) is 0. The molecule has 1 aromatic heterocycles. The van der Waals surface area contributed by atoms with Gasteiger partial charge in [0.2, 0.25) is 0 Å². The number of nitrogens with zero attached hydrogens (tertiary/aromatic N) is 2. The number of nitrogens with one attached hydrogen (secondary N) is 1. The first-order valence-corrected chi connectivity index (χ1v) is 9.70. The molecule has 0 radical (unpaired) electrons. The summed E-state index contributed by atoms with van der Waals surface area (Å²) < 4.78 is 27.4. The summed E-state index contributed by atoms with van der Waals surface area (Å²) in [6.07, 6.45) is 1.08. The minimum Gasteiger partial charge on any atom is -0.312 e. The smallest absolute Gasteiger partial charge is 0.252 e. The molecule has 7 heteroatoms. The third-order valence-electron chi connectivity index (χ3n) is 3.88. The maximum Gasteiger partial charge on any atom is 0.252 e. The first kappa shape index (κ1) is 16.9. The van der Waals surface area contributed by atoms with E-state index in [1.807, 2.05) is 13.1 Å². The van der Waals surface area contributed by atoms with E-state index < -0.39 is 10.0 Å². The molecule has 1 N–H and O–H groups in total. The van der Waals surface area contributed by atoms with Crippen LogP contribution in [-0.4, -0.2) is 56.9 Å². The quantitative estimate of drug-likeness (QED) is 0.804. The van der Waals surface area contributed by atoms with E-state index in [-0.39, 0.29) is 6.04 Å². The number of piperazine rings is 1. The van der Waals surface area contributed by atoms with Crippen LogP contribution < -0.4 is 5.32 Å². The molecule has 5 nitrogen and oxygen atoms in total. The number of hydrogen-bond donors (Lipinski definition) is 1. The Morgan fingerprint density at radius 1 is 1.38 bits per heavy atom. The maximum atomic E-state index is 12.7. The van der Waals surface area contributed by atoms with E-state index >= 15 is 0 Å². The van der Waals surface area contributed by atoms with Crippen LogP contribution >= 0.6 is 11.3 Å². The highest BCUT2D eigenvalue weighted by Gasteiger charge is 2.31. The van der Waals surface area contributed by atoms with Crippen LogP contribution in [0.4, 0.5) is 0 Å². The van der Waals surface area contributed by atoms with E-state index in [0.717, 1.165) is 30.9 Å². The first-order valence-electron chi connectivity index (χ1n) is 7.45. The largest absolute Gasteiger partial charge is 0.312 e. The van der Waals surface area contributed by atoms with Crippen molar-refractivity contribution in [3.8, 4) is 0 Å². The minimum atomic E-state index is -3.33. The number of rotatable bonds is 6. The van der Waals surface area contributed by atoms with E-state index in [9.17, 15) is 8.42 Å². The van der Waals surface area contributed by atoms with E-state index in [1.165, 1.54) is 11.3 Å². The molecule has 0 aromatic carbocycles. The Bertz CT molecular complexity index is 556. The van der Waals surface area contributed by atoms with E-state index in [1.54, 1.807) is 10.4 Å². The SMILES string of the molecule is CCCNCc1ccc(S(=O)(=O)N2CCN(C)C(C)C2)s1. The number of thiophene rings is 1. The molecular weight excluding hydrogens is 306 g/mol. The summed E-state index contributed by atoms with van der Waals surface area (Å²) in [5, 5.41) is 3.30. The predicted octanol–water partition coefficient (Wildman–Crippen LogP) is 1.57. The highest BCUT2D eigenvalue weighted by molar-refractivity contribution is 7.91. The summed E-state index contributed by atoms with van der Waals surface area (Å²) in [6.45, 7) is 7.81. The van der Waals surface area contributed by atoms with Crippen LogP contribution in [0, 0.1) is 0 Å². The average molecular weight is 332 g/mol. The molecule has 1 saturated heterocycles. The van der Waals surface area contributed by atoms with Crippen LogP contribution in [0.1, 0.15) is 25.1 Å². The van der Waals surface area contributed by atoms with Gasteiger partial charge in [0.15, 0.2) is 0 Å². The van der Waals surface area contributed by atoms with Crippen molar-refractivity contribution in [2.24, 2.45) is 0 Å². The van der Waals surface area contributed by atoms with Crippen LogP contribution in [-0.2, 0) is 16.6 Å². The van der Waals surface area contributed by atoms with Crippen molar-refractivity contribution in [1.29, 1.82) is 0 Å². The fourth-order valence-electron chi connectivity index (χ4n) is 2.34. The molecule has 0 spiro atoms. The van der Waals surface area contributed by atoms with Gasteiger partial charge in [0.25, 0.3) is 10.0 Å². The van der Waals surface area contributed by atoms with Crippen molar-refractivity contribution in [3.63, 3.8) is 0 Å². The molecule has 0 aliphatic carbocycles. The van der Waals surface area contributed by atoms with Gasteiger partial charge in [-0.1, -0.05) is 6.92 Å². The Morgan fingerprint density at radius 3 is 2.81 bits per heavy atom. The summed E-state index contributed by atoms with van der Waals surface area (Å²) in [7, 11) is -1.29. The summed E-state index contributed by atoms with van der Waals surface area (Å²) >= 11 is 1.38. The molecule has 120 valence electrons. The number of hydrogen-bond acceptors (Lipinski definition) is 5. The Balaban J connectivity index is 2.06. The molecule has 0 saturated carbocycles. The third kappa shape index (κ3) is 4.04. The predicted molar refractivity (Wildman–Crippen MR) is 87.2 cm³/mol. The zero-order valence-electron chi connectivity index (χ0n) is 13.0. The Morgan fingerprint density at radius 2 is 2.14 bits per heavy atom. The number of likely N-dealkylation sites (N-methyl/N-ethyl adjacent to an activating group) is 1. The van der Waals surface area contributed by atoms with Gasteiger partial charge in [-0.3, -0.25) is 0 Å². The number of sulfonamides is 1. The second-order valence-electron chi connectivity index (χ2n) is 5.59. The monoisotopic (exact) mass is 331 g/mol. The van der Waals surface area contributed by atoms with Crippen molar-refractivity contribution in [2.75, 3.05) is 33.2 Å². The van der Waals surface area contributed by atoms with Gasteiger partial charge in [-0.05, 0) is 39.1 Å². The van der Waals surface area contributed by atoms with Crippen molar-refractivity contribution in [2.45, 2.75) is 37.1 Å². The lowest BCUT2D eigenvalue weighted by atomic mass is 10.2. The Kier molecular flexibility index (Phi) is 5.79. The van der Waals surface area contributed by atoms with Gasteiger partial charge in [-0.15, -0.1) is 11.3 Å². The van der Waals surface area contributed by atoms with Gasteiger partial charge in [-0.2, -0.15) is 4.31 Å². The molecule has 2 rings (SSSR count). The Labute approximate surface area is 132 Å². The zero-order chi connectivity index (χ0) is 15.5. The average Bonchev–Trinajstić information content (AvgIpc) is 2.91. The van der Waals surface area contributed by atoms with Crippen LogP contribution in [0.15, 0.2) is 16.3 Å². The van der Waals surface area contributed by atoms with Crippen molar-refractivity contribution in [1.82, 2.24) is 14.5 Å². The van der Waals surface area contributed by atoms with Gasteiger partial charge in [-0.25, -0.2) is 8.42 Å². The second kappa shape index (κ2) is 7.19. The Hall–Kier alpha value is -0.470. The van der Waals surface area contributed by atoms with Crippen LogP contribution in [0.5, 0.6) is 0 Å². The second-order valence-corrected chi connectivity index (χ2v) is 8.92. The van der Waals surface area contributed by atoms with E-state index in [2.05, 4.69) is 24.1 Å². The molecule has 1 aromatic rings. The standard InChI is InChI=1S/C14H25N3O2S2/c1-4-7-15-10-13-5-6-14(20-13)21(18,19)17-9-8-16(3)12(2)11-17/h5-6,12,15H,4,7-11H2,1-3H3. The zero-order valence-corrected chi connectivity index (χ0v) is 14.6. The third-order valence-corrected chi connectivity index (χ3v) is 7.30. The summed E-state index contributed by atoms with van der Waals surface area (Å²) in [5.74, 6) is 0. The normalized spacial score (nSPS) is 21.8. The highest BCUT2D eigenvalue weighted by Crippen LogP contribution is 2.26. The molecule has 0 amide bonds. The molecule has 1 aliphatic rings.